The van der Waals surface area contributed by atoms with Gasteiger partial charge >= 0.3 is 0 Å². The van der Waals surface area contributed by atoms with Crippen LogP contribution in [0.4, 0.5) is 0 Å². The van der Waals surface area contributed by atoms with E-state index in [2.05, 4.69) is 4.76 Å². The molecule has 20 heavy (non-hydrogen) atoms. The number of Topliss-reactive ketones (excluding diaryl/α,β-unsaturated/α-hetero) is 1. The zero-order chi connectivity index (χ0) is 14.5. The topological polar surface area (TPSA) is 64.7 Å². The molecule has 0 aliphatic carbocycles. The van der Waals surface area contributed by atoms with Crippen LogP contribution in [-0.4, -0.2) is 30.5 Å². The van der Waals surface area contributed by atoms with Crippen molar-refractivity contribution in [2.24, 2.45) is 10.5 Å². The zero-order valence-electron chi connectivity index (χ0n) is 11.4. The Labute approximate surface area is 125 Å². The van der Waals surface area contributed by atoms with E-state index in [0.29, 0.717) is 29.9 Å². The average Bonchev–Trinajstić information content (AvgIpc) is 2.45. The van der Waals surface area contributed by atoms with Gasteiger partial charge in [0.25, 0.3) is 0 Å². The molecule has 1 aliphatic heterocycles. The van der Waals surface area contributed by atoms with Gasteiger partial charge in [-0.05, 0) is 18.6 Å². The van der Waals surface area contributed by atoms with E-state index in [1.165, 1.54) is 0 Å². The van der Waals surface area contributed by atoms with Crippen LogP contribution in [0.25, 0.3) is 0 Å². The van der Waals surface area contributed by atoms with E-state index in [1.54, 1.807) is 0 Å². The van der Waals surface area contributed by atoms with Crippen LogP contribution in [0.1, 0.15) is 19.8 Å². The first-order valence-corrected chi connectivity index (χ1v) is 8.50. The number of nitrogens with zero attached hydrogens (tertiary/aromatic N) is 1. The lowest BCUT2D eigenvalue weighted by Gasteiger charge is -2.23. The summed E-state index contributed by atoms with van der Waals surface area (Å²) in [6, 6.07) is 7.60. The van der Waals surface area contributed by atoms with Crippen molar-refractivity contribution in [3.05, 3.63) is 29.3 Å². The zero-order valence-corrected chi connectivity index (χ0v) is 13.0. The van der Waals surface area contributed by atoms with Gasteiger partial charge in [-0.25, -0.2) is 4.76 Å². The number of hydrogen-bond donors (Lipinski definition) is 1. The molecule has 1 aromatic rings. The summed E-state index contributed by atoms with van der Waals surface area (Å²) in [7, 11) is -0.897. The number of nitrogens with two attached hydrogens (primary N) is 1. The fourth-order valence-electron chi connectivity index (χ4n) is 2.05. The highest BCUT2D eigenvalue weighted by Gasteiger charge is 2.25. The van der Waals surface area contributed by atoms with Crippen molar-refractivity contribution < 1.29 is 9.53 Å². The van der Waals surface area contributed by atoms with Gasteiger partial charge in [0.2, 0.25) is 5.90 Å². The maximum atomic E-state index is 12.1. The minimum Gasteiger partial charge on any atom is -0.469 e. The Hall–Kier alpha value is -0.960. The predicted molar refractivity (Wildman–Crippen MR) is 84.2 cm³/mol. The normalized spacial score (nSPS) is 23.6. The van der Waals surface area contributed by atoms with Gasteiger partial charge in [0.1, 0.15) is 0 Å². The molecule has 2 unspecified atom stereocenters. The Morgan fingerprint density at radius 2 is 2.25 bits per heavy atom. The van der Waals surface area contributed by atoms with E-state index in [9.17, 15) is 4.79 Å². The van der Waals surface area contributed by atoms with Crippen LogP contribution < -0.4 is 11.0 Å². The fourth-order valence-corrected chi connectivity index (χ4v) is 4.34. The molecule has 0 saturated carbocycles. The number of rotatable bonds is 3. The number of benzene rings is 1. The average molecular weight is 313 g/mol. The second-order valence-electron chi connectivity index (χ2n) is 4.50. The lowest BCUT2D eigenvalue weighted by atomic mass is 10.1. The molecule has 0 fully saturated rings. The Morgan fingerprint density at radius 1 is 1.50 bits per heavy atom. The quantitative estimate of drug-likeness (QED) is 0.872. The molecule has 0 amide bonds. The molecule has 1 aromatic carbocycles. The summed E-state index contributed by atoms with van der Waals surface area (Å²) < 4.78 is 10.3. The lowest BCUT2D eigenvalue weighted by Crippen LogP contribution is -2.32. The van der Waals surface area contributed by atoms with Gasteiger partial charge in [0, 0.05) is 11.7 Å². The molecule has 1 heterocycles. The highest BCUT2D eigenvalue weighted by molar-refractivity contribution is 7.64. The van der Waals surface area contributed by atoms with Crippen molar-refractivity contribution in [3.63, 3.8) is 0 Å². The monoisotopic (exact) mass is 312 g/mol. The Balaban J connectivity index is 2.32. The molecule has 6 heteroatoms. The first-order valence-electron chi connectivity index (χ1n) is 6.64. The third-order valence-corrected chi connectivity index (χ3v) is 5.63. The van der Waals surface area contributed by atoms with Gasteiger partial charge in [-0.3, -0.25) is 4.79 Å². The molecule has 0 bridgehead atoms. The second kappa shape index (κ2) is 7.16. The number of halogens is 1. The van der Waals surface area contributed by atoms with Crippen LogP contribution in [-0.2, 0) is 9.53 Å². The van der Waals surface area contributed by atoms with Crippen LogP contribution >= 0.6 is 19.7 Å². The maximum Gasteiger partial charge on any atom is 0.202 e. The van der Waals surface area contributed by atoms with Crippen molar-refractivity contribution in [3.8, 4) is 0 Å². The number of ketones is 1. The SMILES string of the molecule is CCC1OC(CN)=NP(c2ccccc2Cl)CCC1=O. The number of carbonyl (C=O) groups is 1. The van der Waals surface area contributed by atoms with Crippen LogP contribution in [0.15, 0.2) is 29.0 Å². The smallest absolute Gasteiger partial charge is 0.202 e. The van der Waals surface area contributed by atoms with Gasteiger partial charge in [-0.2, -0.15) is 0 Å². The summed E-state index contributed by atoms with van der Waals surface area (Å²) in [6.45, 7) is 2.13. The van der Waals surface area contributed by atoms with Gasteiger partial charge in [-0.1, -0.05) is 36.7 Å². The minimum absolute atomic E-state index is 0.118. The van der Waals surface area contributed by atoms with Crippen molar-refractivity contribution in [2.75, 3.05) is 12.7 Å². The summed E-state index contributed by atoms with van der Waals surface area (Å²) in [5, 5.41) is 1.65. The molecule has 2 N–H and O–H groups in total. The van der Waals surface area contributed by atoms with Crippen molar-refractivity contribution >= 4 is 36.7 Å². The molecule has 108 valence electrons. The summed E-state index contributed by atoms with van der Waals surface area (Å²) in [5.41, 5.74) is 5.67. The number of carbonyl (C=O) groups excluding carboxylic acids is 1. The minimum atomic E-state index is -0.897. The molecule has 0 spiro atoms. The predicted octanol–water partition coefficient (Wildman–Crippen LogP) is 2.49. The highest BCUT2D eigenvalue weighted by atomic mass is 35.5. The molecule has 2 rings (SSSR count). The number of hydrogen-bond acceptors (Lipinski definition) is 4. The van der Waals surface area contributed by atoms with Crippen LogP contribution in [0.5, 0.6) is 0 Å². The molecular formula is C14H18ClN2O2P. The fraction of sp³-hybridized carbons (Fsp3) is 0.429. The first kappa shape index (κ1) is 15.4. The van der Waals surface area contributed by atoms with Crippen LogP contribution in [0, 0.1) is 0 Å². The van der Waals surface area contributed by atoms with Gasteiger partial charge in [0.05, 0.1) is 19.6 Å². The van der Waals surface area contributed by atoms with Crippen LogP contribution in [0.3, 0.4) is 0 Å². The van der Waals surface area contributed by atoms with E-state index < -0.39 is 14.2 Å². The standard InChI is InChI=1S/C14H18ClN2O2P/c1-2-12-11(18)7-8-20(17-14(9-16)19-12)13-6-4-3-5-10(13)15/h3-6,12H,2,7-9,16H2,1H3. The van der Waals surface area contributed by atoms with E-state index >= 15 is 0 Å². The highest BCUT2D eigenvalue weighted by Crippen LogP contribution is 2.40. The van der Waals surface area contributed by atoms with Crippen molar-refractivity contribution in [2.45, 2.75) is 25.9 Å². The Kier molecular flexibility index (Phi) is 5.53. The van der Waals surface area contributed by atoms with Gasteiger partial charge in [0.15, 0.2) is 11.9 Å². The Morgan fingerprint density at radius 3 is 2.90 bits per heavy atom. The molecule has 4 nitrogen and oxygen atoms in total. The molecule has 0 aromatic heterocycles. The van der Waals surface area contributed by atoms with E-state index in [0.717, 1.165) is 5.30 Å². The second-order valence-corrected chi connectivity index (χ2v) is 6.84. The molecule has 0 saturated heterocycles. The summed E-state index contributed by atoms with van der Waals surface area (Å²) >= 11 is 6.22. The third-order valence-electron chi connectivity index (χ3n) is 3.12. The molecule has 2 atom stereocenters. The summed E-state index contributed by atoms with van der Waals surface area (Å²) in [5.74, 6) is 0.573. The Bertz CT molecular complexity index is 522. The maximum absolute atomic E-state index is 12.1. The van der Waals surface area contributed by atoms with Crippen molar-refractivity contribution in [1.29, 1.82) is 0 Å². The van der Waals surface area contributed by atoms with E-state index in [4.69, 9.17) is 22.1 Å². The first-order chi connectivity index (χ1) is 9.65. The number of ether oxygens (including phenoxy) is 1. The van der Waals surface area contributed by atoms with Gasteiger partial charge < -0.3 is 10.5 Å². The molecule has 0 radical (unpaired) electrons. The molecule has 1 aliphatic rings. The summed E-state index contributed by atoms with van der Waals surface area (Å²) in [4.78, 5) is 12.1. The van der Waals surface area contributed by atoms with E-state index in [-0.39, 0.29) is 12.3 Å². The lowest BCUT2D eigenvalue weighted by molar-refractivity contribution is -0.126. The van der Waals surface area contributed by atoms with E-state index in [1.807, 2.05) is 31.2 Å². The van der Waals surface area contributed by atoms with Crippen LogP contribution in [0.2, 0.25) is 5.02 Å². The largest absolute Gasteiger partial charge is 0.469 e. The molecular weight excluding hydrogens is 295 g/mol. The van der Waals surface area contributed by atoms with Gasteiger partial charge in [-0.15, -0.1) is 0 Å². The summed E-state index contributed by atoms with van der Waals surface area (Å²) in [6.07, 6.45) is 1.39. The van der Waals surface area contributed by atoms with Crippen molar-refractivity contribution in [1.82, 2.24) is 0 Å². The third kappa shape index (κ3) is 3.57.